The third-order valence-electron chi connectivity index (χ3n) is 7.34. The van der Waals surface area contributed by atoms with Crippen LogP contribution in [0, 0.1) is 0 Å². The summed E-state index contributed by atoms with van der Waals surface area (Å²) in [6.07, 6.45) is 3.83. The zero-order valence-electron chi connectivity index (χ0n) is 22.8. The molecule has 0 saturated heterocycles. The topological polar surface area (TPSA) is 50.5 Å². The highest BCUT2D eigenvalue weighted by Crippen LogP contribution is 2.35. The Morgan fingerprint density at radius 1 is 0.381 bits per heavy atom. The molecule has 0 aliphatic heterocycles. The van der Waals surface area contributed by atoms with Crippen LogP contribution >= 0.6 is 0 Å². The molecule has 0 N–H and O–H groups in total. The quantitative estimate of drug-likeness (QED) is 0.156. The van der Waals surface area contributed by atoms with Gasteiger partial charge in [0.15, 0.2) is 0 Å². The van der Waals surface area contributed by atoms with Crippen molar-refractivity contribution in [1.29, 1.82) is 0 Å². The van der Waals surface area contributed by atoms with Gasteiger partial charge in [0, 0.05) is 34.3 Å². The molecule has 0 saturated carbocycles. The van der Waals surface area contributed by atoms with E-state index in [9.17, 15) is 0 Å². The van der Waals surface area contributed by atoms with Gasteiger partial charge in [0.2, 0.25) is 0 Å². The lowest BCUT2D eigenvalue weighted by Gasteiger charge is -2.14. The summed E-state index contributed by atoms with van der Waals surface area (Å²) in [7, 11) is 0. The van der Waals surface area contributed by atoms with Crippen LogP contribution in [0.15, 0.2) is 156 Å². The first-order valence-electron chi connectivity index (χ1n) is 13.9. The Hall–Kier alpha value is -5.74. The zero-order chi connectivity index (χ0) is 28.1. The monoisotopic (exact) mass is 538 g/mol. The van der Waals surface area contributed by atoms with Gasteiger partial charge in [-0.15, -0.1) is 10.2 Å². The molecule has 0 spiro atoms. The molecular weight excluding hydrogens is 512 g/mol. The first-order chi connectivity index (χ1) is 20.8. The Balaban J connectivity index is 1.47. The molecule has 0 radical (unpaired) electrons. The van der Waals surface area contributed by atoms with Crippen LogP contribution in [-0.4, -0.2) is 22.6 Å². The zero-order valence-corrected chi connectivity index (χ0v) is 22.8. The predicted molar refractivity (Wildman–Crippen MR) is 175 cm³/mol. The van der Waals surface area contributed by atoms with Gasteiger partial charge in [-0.3, -0.25) is 9.98 Å². The summed E-state index contributed by atoms with van der Waals surface area (Å²) in [6.45, 7) is 0. The van der Waals surface area contributed by atoms with Crippen LogP contribution in [-0.2, 0) is 0 Å². The number of rotatable bonds is 6. The number of hydrogen-bond acceptors (Lipinski definition) is 4. The second-order valence-corrected chi connectivity index (χ2v) is 9.97. The van der Waals surface area contributed by atoms with Crippen molar-refractivity contribution < 1.29 is 0 Å². The molecule has 42 heavy (non-hydrogen) atoms. The number of para-hydroxylation sites is 2. The van der Waals surface area contributed by atoms with E-state index in [0.717, 1.165) is 66.6 Å². The highest BCUT2D eigenvalue weighted by molar-refractivity contribution is 6.16. The minimum Gasteiger partial charge on any atom is -0.256 e. The van der Waals surface area contributed by atoms with Gasteiger partial charge in [0.05, 0.1) is 11.4 Å². The van der Waals surface area contributed by atoms with Crippen LogP contribution in [0.5, 0.6) is 0 Å². The lowest BCUT2D eigenvalue weighted by atomic mass is 9.93. The number of benzene rings is 6. The lowest BCUT2D eigenvalue weighted by Crippen LogP contribution is -1.99. The van der Waals surface area contributed by atoms with E-state index in [0.29, 0.717) is 0 Å². The summed E-state index contributed by atoms with van der Waals surface area (Å²) in [6, 6.07) is 49.2. The Labute approximate surface area is 244 Å². The SMILES string of the molecule is C(=N\c1ccccc1)/c1c(-c2ccccc2)ccc2c1nnc1c(/C=N/c3ccccc3)c(-c3ccccc3)ccc12. The van der Waals surface area contributed by atoms with Gasteiger partial charge in [-0.1, -0.05) is 121 Å². The summed E-state index contributed by atoms with van der Waals surface area (Å²) in [5.74, 6) is 0. The average Bonchev–Trinajstić information content (AvgIpc) is 3.07. The van der Waals surface area contributed by atoms with Crippen molar-refractivity contribution in [1.82, 2.24) is 10.2 Å². The van der Waals surface area contributed by atoms with E-state index >= 15 is 0 Å². The summed E-state index contributed by atoms with van der Waals surface area (Å²) >= 11 is 0. The Bertz CT molecular complexity index is 1900. The Morgan fingerprint density at radius 3 is 1.12 bits per heavy atom. The van der Waals surface area contributed by atoms with E-state index in [2.05, 4.69) is 48.5 Å². The van der Waals surface area contributed by atoms with Crippen molar-refractivity contribution in [2.24, 2.45) is 9.98 Å². The molecule has 198 valence electrons. The molecular formula is C38H26N4. The number of nitrogens with zero attached hydrogens (tertiary/aromatic N) is 4. The molecule has 6 aromatic carbocycles. The fourth-order valence-electron chi connectivity index (χ4n) is 5.27. The van der Waals surface area contributed by atoms with Gasteiger partial charge in [-0.05, 0) is 46.5 Å². The van der Waals surface area contributed by atoms with Crippen LogP contribution < -0.4 is 0 Å². The largest absolute Gasteiger partial charge is 0.256 e. The first-order valence-corrected chi connectivity index (χ1v) is 13.9. The van der Waals surface area contributed by atoms with Crippen LogP contribution in [0.1, 0.15) is 11.1 Å². The molecule has 0 amide bonds. The van der Waals surface area contributed by atoms with Crippen molar-refractivity contribution in [3.8, 4) is 22.3 Å². The average molecular weight is 539 g/mol. The molecule has 1 heterocycles. The maximum Gasteiger partial charge on any atom is 0.103 e. The molecule has 0 fully saturated rings. The van der Waals surface area contributed by atoms with Crippen molar-refractivity contribution in [3.63, 3.8) is 0 Å². The maximum atomic E-state index is 4.86. The van der Waals surface area contributed by atoms with Gasteiger partial charge in [-0.2, -0.15) is 0 Å². The van der Waals surface area contributed by atoms with Crippen LogP contribution in [0.3, 0.4) is 0 Å². The number of aromatic nitrogens is 2. The smallest absolute Gasteiger partial charge is 0.103 e. The van der Waals surface area contributed by atoms with Crippen LogP contribution in [0.25, 0.3) is 44.1 Å². The molecule has 7 aromatic rings. The van der Waals surface area contributed by atoms with Crippen molar-refractivity contribution >= 4 is 45.6 Å². The molecule has 0 atom stereocenters. The van der Waals surface area contributed by atoms with E-state index in [1.807, 2.05) is 109 Å². The molecule has 7 rings (SSSR count). The Kier molecular flexibility index (Phi) is 6.85. The fourth-order valence-corrected chi connectivity index (χ4v) is 5.27. The van der Waals surface area contributed by atoms with E-state index in [-0.39, 0.29) is 0 Å². The summed E-state index contributed by atoms with van der Waals surface area (Å²) in [4.78, 5) is 9.63. The van der Waals surface area contributed by atoms with Crippen molar-refractivity contribution in [2.75, 3.05) is 0 Å². The van der Waals surface area contributed by atoms with Gasteiger partial charge in [0.25, 0.3) is 0 Å². The number of fused-ring (bicyclic) bond motifs is 3. The third kappa shape index (κ3) is 4.98. The second-order valence-electron chi connectivity index (χ2n) is 9.97. The molecule has 0 aliphatic rings. The van der Waals surface area contributed by atoms with Crippen LogP contribution in [0.4, 0.5) is 11.4 Å². The van der Waals surface area contributed by atoms with E-state index in [4.69, 9.17) is 20.2 Å². The highest BCUT2D eigenvalue weighted by atomic mass is 15.1. The molecule has 0 bridgehead atoms. The third-order valence-corrected chi connectivity index (χ3v) is 7.34. The minimum atomic E-state index is 0.807. The van der Waals surface area contributed by atoms with Crippen molar-refractivity contribution in [2.45, 2.75) is 0 Å². The molecule has 4 nitrogen and oxygen atoms in total. The van der Waals surface area contributed by atoms with Gasteiger partial charge >= 0.3 is 0 Å². The van der Waals surface area contributed by atoms with E-state index in [1.54, 1.807) is 0 Å². The summed E-state index contributed by atoms with van der Waals surface area (Å²) < 4.78 is 0. The van der Waals surface area contributed by atoms with Crippen molar-refractivity contribution in [3.05, 3.63) is 157 Å². The lowest BCUT2D eigenvalue weighted by molar-refractivity contribution is 1.12. The van der Waals surface area contributed by atoms with E-state index < -0.39 is 0 Å². The fraction of sp³-hybridized carbons (Fsp3) is 0. The van der Waals surface area contributed by atoms with Crippen LogP contribution in [0.2, 0.25) is 0 Å². The molecule has 0 unspecified atom stereocenters. The second kappa shape index (κ2) is 11.4. The normalized spacial score (nSPS) is 11.6. The van der Waals surface area contributed by atoms with Gasteiger partial charge in [-0.25, -0.2) is 0 Å². The molecule has 1 aromatic heterocycles. The minimum absolute atomic E-state index is 0.807. The number of aliphatic imine (C=N–C) groups is 2. The molecule has 0 aliphatic carbocycles. The maximum absolute atomic E-state index is 4.86. The molecule has 4 heteroatoms. The van der Waals surface area contributed by atoms with Gasteiger partial charge < -0.3 is 0 Å². The number of hydrogen-bond donors (Lipinski definition) is 0. The van der Waals surface area contributed by atoms with E-state index in [1.165, 1.54) is 0 Å². The first kappa shape index (κ1) is 25.2. The Morgan fingerprint density at radius 2 is 0.738 bits per heavy atom. The van der Waals surface area contributed by atoms with Gasteiger partial charge in [0.1, 0.15) is 11.0 Å². The summed E-state index contributed by atoms with van der Waals surface area (Å²) in [5, 5.41) is 11.7. The summed E-state index contributed by atoms with van der Waals surface area (Å²) in [5.41, 5.74) is 9.57. The standard InChI is InChI=1S/C38H26N4/c1-5-13-27(14-6-1)31-21-23-33-34-24-22-32(28-15-7-2-8-16-28)36(26-40-30-19-11-4-12-20-30)38(34)42-41-37(33)35(31)25-39-29-17-9-3-10-18-29/h1-26H/b39-25+,40-26+. The predicted octanol–water partition coefficient (Wildman–Crippen LogP) is 9.62. The highest BCUT2D eigenvalue weighted by Gasteiger charge is 2.16.